The van der Waals surface area contributed by atoms with Gasteiger partial charge in [-0.15, -0.1) is 0 Å². The quantitative estimate of drug-likeness (QED) is 0.683. The van der Waals surface area contributed by atoms with E-state index in [1.165, 1.54) is 13.1 Å². The Labute approximate surface area is 191 Å². The van der Waals surface area contributed by atoms with Crippen LogP contribution in [0.1, 0.15) is 42.1 Å². The molecule has 2 aromatic rings. The van der Waals surface area contributed by atoms with Gasteiger partial charge in [0.25, 0.3) is 0 Å². The topological polar surface area (TPSA) is 110 Å². The predicted octanol–water partition coefficient (Wildman–Crippen LogP) is 2.38. The van der Waals surface area contributed by atoms with Gasteiger partial charge in [-0.05, 0) is 43.2 Å². The first-order valence-corrected chi connectivity index (χ1v) is 11.2. The molecule has 3 aliphatic rings. The number of hydrogen-bond donors (Lipinski definition) is 2. The van der Waals surface area contributed by atoms with Gasteiger partial charge in [-0.3, -0.25) is 14.6 Å². The Balaban J connectivity index is 1.40. The van der Waals surface area contributed by atoms with E-state index in [1.54, 1.807) is 12.1 Å². The molecule has 9 heteroatoms. The second kappa shape index (κ2) is 8.74. The fourth-order valence-corrected chi connectivity index (χ4v) is 4.51. The number of rotatable bonds is 5. The van der Waals surface area contributed by atoms with Crippen molar-refractivity contribution in [3.8, 4) is 0 Å². The summed E-state index contributed by atoms with van der Waals surface area (Å²) in [6.07, 6.45) is 3.08. The van der Waals surface area contributed by atoms with Gasteiger partial charge < -0.3 is 20.2 Å². The summed E-state index contributed by atoms with van der Waals surface area (Å²) in [4.78, 5) is 42.0. The summed E-state index contributed by atoms with van der Waals surface area (Å²) in [7, 11) is 0. The van der Waals surface area contributed by atoms with Gasteiger partial charge in [0.2, 0.25) is 5.91 Å². The number of piperidine rings is 1. The normalized spacial score (nSPS) is 19.4. The van der Waals surface area contributed by atoms with E-state index in [-0.39, 0.29) is 24.2 Å². The molecule has 170 valence electrons. The number of fused-ring (bicyclic) bond motifs is 3. The molecule has 3 aliphatic heterocycles. The second-order valence-corrected chi connectivity index (χ2v) is 8.54. The summed E-state index contributed by atoms with van der Waals surface area (Å²) in [6.45, 7) is 4.28. The number of nitrogens with one attached hydrogen (secondary N) is 1. The average molecular weight is 447 g/mol. The molecule has 2 N–H and O–H groups in total. The number of aliphatic imine (C=N–C) groups is 2. The Morgan fingerprint density at radius 1 is 1.21 bits per heavy atom. The SMILES string of the molecule is CC(=O)Nc1ccc(C(=O)CC2=Nc3cc(N4CCCC(O)C4)ccc3C3=NCCN23)cn1. The van der Waals surface area contributed by atoms with Crippen molar-refractivity contribution in [2.24, 2.45) is 9.98 Å². The fraction of sp³-hybridized carbons (Fsp3) is 0.375. The van der Waals surface area contributed by atoms with Crippen LogP contribution < -0.4 is 10.2 Å². The maximum atomic E-state index is 13.0. The molecule has 0 aliphatic carbocycles. The van der Waals surface area contributed by atoms with Gasteiger partial charge in [0.05, 0.1) is 24.8 Å². The van der Waals surface area contributed by atoms with Crippen molar-refractivity contribution in [3.05, 3.63) is 47.7 Å². The van der Waals surface area contributed by atoms with Crippen molar-refractivity contribution in [3.63, 3.8) is 0 Å². The van der Waals surface area contributed by atoms with Crippen LogP contribution in [0.4, 0.5) is 17.2 Å². The molecule has 1 saturated heterocycles. The number of carbonyl (C=O) groups excluding carboxylic acids is 2. The molecule has 5 rings (SSSR count). The van der Waals surface area contributed by atoms with Gasteiger partial charge in [-0.1, -0.05) is 0 Å². The number of hydrogen-bond acceptors (Lipinski definition) is 8. The Hall–Kier alpha value is -3.59. The first-order valence-electron chi connectivity index (χ1n) is 11.2. The molecule has 0 bridgehead atoms. The maximum absolute atomic E-state index is 13.0. The Kier molecular flexibility index (Phi) is 5.63. The molecule has 1 unspecified atom stereocenters. The van der Waals surface area contributed by atoms with Crippen LogP contribution in [-0.4, -0.2) is 70.6 Å². The van der Waals surface area contributed by atoms with Crippen LogP contribution in [0.2, 0.25) is 0 Å². The molecule has 9 nitrogen and oxygen atoms in total. The van der Waals surface area contributed by atoms with Crippen LogP contribution in [0.15, 0.2) is 46.5 Å². The Morgan fingerprint density at radius 3 is 2.85 bits per heavy atom. The summed E-state index contributed by atoms with van der Waals surface area (Å²) < 4.78 is 0. The van der Waals surface area contributed by atoms with Crippen LogP contribution in [0.25, 0.3) is 0 Å². The number of aromatic nitrogens is 1. The number of anilines is 2. The number of amidine groups is 2. The Morgan fingerprint density at radius 2 is 2.09 bits per heavy atom. The maximum Gasteiger partial charge on any atom is 0.222 e. The minimum Gasteiger partial charge on any atom is -0.391 e. The lowest BCUT2D eigenvalue weighted by Crippen LogP contribution is -2.39. The molecule has 1 atom stereocenters. The van der Waals surface area contributed by atoms with E-state index in [4.69, 9.17) is 4.99 Å². The molecule has 1 aromatic carbocycles. The molecule has 0 saturated carbocycles. The average Bonchev–Trinajstić information content (AvgIpc) is 3.29. The highest BCUT2D eigenvalue weighted by molar-refractivity contribution is 6.21. The van der Waals surface area contributed by atoms with Crippen molar-refractivity contribution >= 4 is 40.6 Å². The van der Waals surface area contributed by atoms with Gasteiger partial charge in [-0.25, -0.2) is 9.98 Å². The van der Waals surface area contributed by atoms with E-state index >= 15 is 0 Å². The third-order valence-corrected chi connectivity index (χ3v) is 6.09. The van der Waals surface area contributed by atoms with Crippen molar-refractivity contribution < 1.29 is 14.7 Å². The molecule has 1 amide bonds. The van der Waals surface area contributed by atoms with E-state index in [0.717, 1.165) is 42.2 Å². The van der Waals surface area contributed by atoms with Crippen LogP contribution in [0, 0.1) is 0 Å². The predicted molar refractivity (Wildman–Crippen MR) is 127 cm³/mol. The van der Waals surface area contributed by atoms with Gasteiger partial charge in [0, 0.05) is 49.6 Å². The first-order chi connectivity index (χ1) is 16.0. The highest BCUT2D eigenvalue weighted by Gasteiger charge is 2.31. The molecule has 0 spiro atoms. The molecule has 0 radical (unpaired) electrons. The Bertz CT molecular complexity index is 1160. The van der Waals surface area contributed by atoms with E-state index in [0.29, 0.717) is 36.9 Å². The third-order valence-electron chi connectivity index (χ3n) is 6.09. The van der Waals surface area contributed by atoms with Crippen molar-refractivity contribution in [2.75, 3.05) is 36.4 Å². The molecule has 33 heavy (non-hydrogen) atoms. The van der Waals surface area contributed by atoms with Gasteiger partial charge >= 0.3 is 0 Å². The number of nitrogens with zero attached hydrogens (tertiary/aromatic N) is 5. The first kappa shape index (κ1) is 21.3. The zero-order valence-electron chi connectivity index (χ0n) is 18.5. The zero-order chi connectivity index (χ0) is 22.9. The van der Waals surface area contributed by atoms with E-state index < -0.39 is 0 Å². The molecule has 1 fully saturated rings. The smallest absolute Gasteiger partial charge is 0.222 e. The van der Waals surface area contributed by atoms with Crippen LogP contribution in [0.5, 0.6) is 0 Å². The van der Waals surface area contributed by atoms with Crippen LogP contribution >= 0.6 is 0 Å². The van der Waals surface area contributed by atoms with Gasteiger partial charge in [0.1, 0.15) is 17.5 Å². The minimum atomic E-state index is -0.313. The monoisotopic (exact) mass is 446 g/mol. The van der Waals surface area contributed by atoms with Gasteiger partial charge in [0.15, 0.2) is 5.78 Å². The van der Waals surface area contributed by atoms with Gasteiger partial charge in [-0.2, -0.15) is 0 Å². The van der Waals surface area contributed by atoms with Crippen LogP contribution in [0.3, 0.4) is 0 Å². The van der Waals surface area contributed by atoms with E-state index in [9.17, 15) is 14.7 Å². The number of aliphatic hydroxyl groups is 1. The zero-order valence-corrected chi connectivity index (χ0v) is 18.5. The summed E-state index contributed by atoms with van der Waals surface area (Å²) in [6, 6.07) is 9.41. The summed E-state index contributed by atoms with van der Waals surface area (Å²) in [5.74, 6) is 1.63. The van der Waals surface area contributed by atoms with Crippen molar-refractivity contribution in [1.82, 2.24) is 9.88 Å². The van der Waals surface area contributed by atoms with Crippen molar-refractivity contribution in [2.45, 2.75) is 32.3 Å². The summed E-state index contributed by atoms with van der Waals surface area (Å²) >= 11 is 0. The lowest BCUT2D eigenvalue weighted by Gasteiger charge is -2.33. The van der Waals surface area contributed by atoms with E-state index in [1.807, 2.05) is 17.0 Å². The van der Waals surface area contributed by atoms with Crippen molar-refractivity contribution in [1.29, 1.82) is 0 Å². The third kappa shape index (κ3) is 4.36. The molecule has 1 aromatic heterocycles. The minimum absolute atomic E-state index is 0.0966. The lowest BCUT2D eigenvalue weighted by molar-refractivity contribution is -0.114. The lowest BCUT2D eigenvalue weighted by atomic mass is 10.0. The van der Waals surface area contributed by atoms with Crippen LogP contribution in [-0.2, 0) is 4.79 Å². The number of ketones is 1. The number of aliphatic hydroxyl groups excluding tert-OH is 1. The highest BCUT2D eigenvalue weighted by atomic mass is 16.3. The summed E-state index contributed by atoms with van der Waals surface area (Å²) in [5.41, 5.74) is 3.25. The number of carbonyl (C=O) groups is 2. The molecular weight excluding hydrogens is 420 g/mol. The second-order valence-electron chi connectivity index (χ2n) is 8.54. The highest BCUT2D eigenvalue weighted by Crippen LogP contribution is 2.34. The van der Waals surface area contributed by atoms with E-state index in [2.05, 4.69) is 26.3 Å². The number of β-amino-alcohol motifs (C(OH)–C–C–N with tert-alkyl or cyclic N) is 1. The standard InChI is InChI=1S/C24H26N6O3/c1-15(31)27-22-7-4-16(13-26-22)21(33)12-23-28-20-11-17(29-9-2-3-18(32)14-29)5-6-19(20)24-25-8-10-30(23)24/h4-7,11,13,18,32H,2-3,8-10,12,14H2,1H3,(H,26,27,31). The summed E-state index contributed by atoms with van der Waals surface area (Å²) in [5, 5.41) is 12.7. The number of pyridine rings is 1. The fourth-order valence-electron chi connectivity index (χ4n) is 4.51. The number of benzene rings is 1. The largest absolute Gasteiger partial charge is 0.391 e. The number of amides is 1. The molecular formula is C24H26N6O3. The number of Topliss-reactive ketones (excluding diaryl/α,β-unsaturated/α-hetero) is 1. The molecule has 4 heterocycles.